The van der Waals surface area contributed by atoms with E-state index in [1.165, 1.54) is 0 Å². The molecule has 2 heterocycles. The molecule has 1 aliphatic heterocycles. The van der Waals surface area contributed by atoms with Crippen LogP contribution >= 0.6 is 0 Å². The van der Waals surface area contributed by atoms with Gasteiger partial charge in [0.15, 0.2) is 0 Å². The summed E-state index contributed by atoms with van der Waals surface area (Å²) in [4.78, 5) is 16.7. The Morgan fingerprint density at radius 3 is 2.58 bits per heavy atom. The summed E-state index contributed by atoms with van der Waals surface area (Å²) < 4.78 is 1.75. The number of aryl methyl sites for hydroxylation is 2. The number of benzene rings is 1. The Bertz CT molecular complexity index is 771. The zero-order chi connectivity index (χ0) is 18.9. The Hall–Kier alpha value is -2.18. The third-order valence-corrected chi connectivity index (χ3v) is 5.35. The monoisotopic (exact) mass is 356 g/mol. The van der Waals surface area contributed by atoms with Crippen LogP contribution in [0.25, 0.3) is 0 Å². The quantitative estimate of drug-likeness (QED) is 0.903. The second kappa shape index (κ2) is 7.21. The average Bonchev–Trinajstić information content (AvgIpc) is 2.92. The van der Waals surface area contributed by atoms with Gasteiger partial charge in [-0.2, -0.15) is 5.10 Å². The van der Waals surface area contributed by atoms with Crippen molar-refractivity contribution >= 4 is 5.91 Å². The van der Waals surface area contributed by atoms with E-state index in [0.29, 0.717) is 19.5 Å². The van der Waals surface area contributed by atoms with Crippen molar-refractivity contribution in [1.82, 2.24) is 19.6 Å². The molecule has 1 aromatic heterocycles. The molecule has 2 unspecified atom stereocenters. The maximum absolute atomic E-state index is 12.8. The molecule has 1 aromatic carbocycles. The first-order valence-electron chi connectivity index (χ1n) is 9.04. The summed E-state index contributed by atoms with van der Waals surface area (Å²) in [5.74, 6) is 0.0400. The van der Waals surface area contributed by atoms with E-state index in [9.17, 15) is 9.90 Å². The smallest absolute Gasteiger partial charge is 0.244 e. The number of rotatable bonds is 4. The van der Waals surface area contributed by atoms with E-state index in [2.05, 4.69) is 5.10 Å². The summed E-state index contributed by atoms with van der Waals surface area (Å²) in [6, 6.07) is 11.6. The fourth-order valence-corrected chi connectivity index (χ4v) is 3.87. The van der Waals surface area contributed by atoms with E-state index in [0.717, 1.165) is 17.0 Å². The minimum absolute atomic E-state index is 0.0400. The highest BCUT2D eigenvalue weighted by atomic mass is 16.3. The van der Waals surface area contributed by atoms with Crippen LogP contribution in [0.5, 0.6) is 0 Å². The third-order valence-electron chi connectivity index (χ3n) is 5.35. The summed E-state index contributed by atoms with van der Waals surface area (Å²) in [6.07, 6.45) is 0.517. The fourth-order valence-electron chi connectivity index (χ4n) is 3.87. The Balaban J connectivity index is 1.77. The van der Waals surface area contributed by atoms with E-state index >= 15 is 0 Å². The van der Waals surface area contributed by atoms with Crippen molar-refractivity contribution in [3.63, 3.8) is 0 Å². The summed E-state index contributed by atoms with van der Waals surface area (Å²) in [5.41, 5.74) is 1.85. The van der Waals surface area contributed by atoms with Crippen molar-refractivity contribution in [3.05, 3.63) is 53.3 Å². The number of piperidine rings is 1. The van der Waals surface area contributed by atoms with Crippen molar-refractivity contribution in [2.24, 2.45) is 0 Å². The molecule has 0 aliphatic carbocycles. The summed E-state index contributed by atoms with van der Waals surface area (Å²) in [6.45, 7) is 5.16. The third kappa shape index (κ3) is 3.52. The first-order valence-corrected chi connectivity index (χ1v) is 9.04. The lowest BCUT2D eigenvalue weighted by atomic mass is 9.80. The first-order chi connectivity index (χ1) is 12.3. The molecule has 1 amide bonds. The van der Waals surface area contributed by atoms with Crippen molar-refractivity contribution < 1.29 is 9.90 Å². The van der Waals surface area contributed by atoms with Gasteiger partial charge in [-0.05, 0) is 46.0 Å². The van der Waals surface area contributed by atoms with Gasteiger partial charge in [0.2, 0.25) is 5.91 Å². The molecule has 6 nitrogen and oxygen atoms in total. The van der Waals surface area contributed by atoms with Gasteiger partial charge in [-0.15, -0.1) is 0 Å². The molecule has 1 aliphatic rings. The molecule has 3 rings (SSSR count). The minimum Gasteiger partial charge on any atom is -0.383 e. The molecule has 2 aromatic rings. The molecule has 26 heavy (non-hydrogen) atoms. The molecular weight excluding hydrogens is 328 g/mol. The van der Waals surface area contributed by atoms with Crippen molar-refractivity contribution in [2.45, 2.75) is 38.5 Å². The van der Waals surface area contributed by atoms with Gasteiger partial charge >= 0.3 is 0 Å². The molecular formula is C20H28N4O2. The van der Waals surface area contributed by atoms with Gasteiger partial charge in [-0.3, -0.25) is 9.48 Å². The van der Waals surface area contributed by atoms with E-state index in [-0.39, 0.29) is 18.5 Å². The van der Waals surface area contributed by atoms with Gasteiger partial charge < -0.3 is 14.9 Å². The Kier molecular flexibility index (Phi) is 5.16. The van der Waals surface area contributed by atoms with Crippen molar-refractivity contribution in [1.29, 1.82) is 0 Å². The summed E-state index contributed by atoms with van der Waals surface area (Å²) in [5, 5.41) is 15.8. The Morgan fingerprint density at radius 2 is 2.00 bits per heavy atom. The summed E-state index contributed by atoms with van der Waals surface area (Å²) in [7, 11) is 3.90. The van der Waals surface area contributed by atoms with Crippen molar-refractivity contribution in [3.8, 4) is 0 Å². The van der Waals surface area contributed by atoms with E-state index in [1.54, 1.807) is 4.68 Å². The first kappa shape index (κ1) is 18.6. The number of amides is 1. The second-order valence-electron chi connectivity index (χ2n) is 7.44. The average molecular weight is 356 g/mol. The molecule has 140 valence electrons. The van der Waals surface area contributed by atoms with Crippen LogP contribution in [0, 0.1) is 13.8 Å². The van der Waals surface area contributed by atoms with Crippen LogP contribution < -0.4 is 0 Å². The van der Waals surface area contributed by atoms with E-state index in [1.807, 2.05) is 74.1 Å². The van der Waals surface area contributed by atoms with E-state index < -0.39 is 5.60 Å². The second-order valence-corrected chi connectivity index (χ2v) is 7.44. The highest BCUT2D eigenvalue weighted by molar-refractivity contribution is 5.76. The van der Waals surface area contributed by atoms with Gasteiger partial charge in [-0.25, -0.2) is 0 Å². The van der Waals surface area contributed by atoms with Gasteiger partial charge in [0.1, 0.15) is 12.1 Å². The van der Waals surface area contributed by atoms with Crippen LogP contribution in [0.15, 0.2) is 36.4 Å². The number of hydrogen-bond donors (Lipinski definition) is 1. The maximum atomic E-state index is 12.8. The molecule has 2 atom stereocenters. The van der Waals surface area contributed by atoms with Gasteiger partial charge in [0.25, 0.3) is 0 Å². The number of likely N-dealkylation sites (tertiary alicyclic amines) is 1. The molecule has 1 fully saturated rings. The number of hydrogen-bond acceptors (Lipinski definition) is 4. The van der Waals surface area contributed by atoms with Gasteiger partial charge in [-0.1, -0.05) is 30.3 Å². The maximum Gasteiger partial charge on any atom is 0.244 e. The molecule has 0 radical (unpaired) electrons. The Labute approximate surface area is 155 Å². The minimum atomic E-state index is -0.959. The highest BCUT2D eigenvalue weighted by Gasteiger charge is 2.45. The number of nitrogens with zero attached hydrogens (tertiary/aromatic N) is 4. The number of aliphatic hydroxyl groups is 1. The molecule has 0 saturated carbocycles. The van der Waals surface area contributed by atoms with Crippen LogP contribution in [-0.2, 0) is 16.9 Å². The number of likely N-dealkylation sites (N-methyl/N-ethyl adjacent to an activating group) is 1. The zero-order valence-electron chi connectivity index (χ0n) is 16.0. The molecule has 1 saturated heterocycles. The van der Waals surface area contributed by atoms with Crippen LogP contribution in [-0.4, -0.2) is 63.8 Å². The van der Waals surface area contributed by atoms with Gasteiger partial charge in [0, 0.05) is 18.8 Å². The Morgan fingerprint density at radius 1 is 1.31 bits per heavy atom. The molecule has 0 bridgehead atoms. The van der Waals surface area contributed by atoms with Crippen LogP contribution in [0.1, 0.15) is 23.4 Å². The largest absolute Gasteiger partial charge is 0.383 e. The predicted octanol–water partition coefficient (Wildman–Crippen LogP) is 1.55. The van der Waals surface area contributed by atoms with Crippen molar-refractivity contribution in [2.75, 3.05) is 27.2 Å². The fraction of sp³-hybridized carbons (Fsp3) is 0.500. The van der Waals surface area contributed by atoms with E-state index in [4.69, 9.17) is 0 Å². The van der Waals surface area contributed by atoms with Gasteiger partial charge in [0.05, 0.1) is 11.7 Å². The normalized spacial score (nSPS) is 23.5. The zero-order valence-corrected chi connectivity index (χ0v) is 16.0. The van der Waals surface area contributed by atoms with Crippen LogP contribution in [0.2, 0.25) is 0 Å². The predicted molar refractivity (Wildman–Crippen MR) is 101 cm³/mol. The number of aromatic nitrogens is 2. The summed E-state index contributed by atoms with van der Waals surface area (Å²) >= 11 is 0. The van der Waals surface area contributed by atoms with Crippen LogP contribution in [0.3, 0.4) is 0 Å². The SMILES string of the molecule is Cc1cc(C)n(CC(=O)N2CCC(O)(c3ccccc3)C(N(C)C)C2)n1. The standard InChI is InChI=1S/C20H28N4O2/c1-15-12-16(2)24(21-15)14-19(25)23-11-10-20(26,18(13-23)22(3)4)17-8-6-5-7-9-17/h5-9,12,18,26H,10-11,13-14H2,1-4H3. The lowest BCUT2D eigenvalue weighted by Crippen LogP contribution is -2.60. The highest BCUT2D eigenvalue weighted by Crippen LogP contribution is 2.35. The molecule has 1 N–H and O–H groups in total. The lowest BCUT2D eigenvalue weighted by Gasteiger charge is -2.47. The molecule has 0 spiro atoms. The van der Waals surface area contributed by atoms with Crippen LogP contribution in [0.4, 0.5) is 0 Å². The molecule has 6 heteroatoms. The topological polar surface area (TPSA) is 61.6 Å². The number of carbonyl (C=O) groups excluding carboxylic acids is 1. The number of carbonyl (C=O) groups is 1. The lowest BCUT2D eigenvalue weighted by molar-refractivity contribution is -0.142.